The first-order chi connectivity index (χ1) is 14.8. The number of carbonyl (C=O) groups excluding carboxylic acids is 1. The molecular weight excluding hydrogens is 431 g/mol. The lowest BCUT2D eigenvalue weighted by Gasteiger charge is -2.26. The van der Waals surface area contributed by atoms with Gasteiger partial charge in [0.1, 0.15) is 10.7 Å². The van der Waals surface area contributed by atoms with E-state index in [0.29, 0.717) is 10.9 Å². The molecule has 0 radical (unpaired) electrons. The van der Waals surface area contributed by atoms with Crippen molar-refractivity contribution in [1.29, 1.82) is 0 Å². The molecule has 1 saturated heterocycles. The molecule has 0 saturated carbocycles. The smallest absolute Gasteiger partial charge is 0.270 e. The lowest BCUT2D eigenvalue weighted by atomic mass is 10.1. The molecule has 2 aromatic carbocycles. The molecule has 1 fully saturated rings. The lowest BCUT2D eigenvalue weighted by Crippen LogP contribution is -2.40. The zero-order chi connectivity index (χ0) is 22.2. The van der Waals surface area contributed by atoms with Crippen molar-refractivity contribution in [3.05, 3.63) is 64.1 Å². The molecule has 1 aliphatic heterocycles. The SMILES string of the molecule is O=C(Nc1ccc(F)c(S(=O)(=O)N2CCOCC2)c1)c1c[nH]c2ccc([N+](=O)[O-])cc12. The molecule has 1 aromatic heterocycles. The summed E-state index contributed by atoms with van der Waals surface area (Å²) < 4.78 is 46.2. The van der Waals surface area contributed by atoms with Crippen LogP contribution < -0.4 is 5.32 Å². The van der Waals surface area contributed by atoms with E-state index in [1.54, 1.807) is 0 Å². The summed E-state index contributed by atoms with van der Waals surface area (Å²) in [7, 11) is -4.11. The summed E-state index contributed by atoms with van der Waals surface area (Å²) in [4.78, 5) is 25.5. The fourth-order valence-electron chi connectivity index (χ4n) is 3.31. The number of rotatable bonds is 5. The van der Waals surface area contributed by atoms with E-state index in [1.807, 2.05) is 0 Å². The Labute approximate surface area is 175 Å². The summed E-state index contributed by atoms with van der Waals surface area (Å²) in [5, 5.41) is 13.9. The van der Waals surface area contributed by atoms with Gasteiger partial charge in [-0.3, -0.25) is 14.9 Å². The number of hydrogen-bond donors (Lipinski definition) is 2. The molecule has 12 heteroatoms. The number of H-pyrrole nitrogens is 1. The van der Waals surface area contributed by atoms with Gasteiger partial charge in [-0.2, -0.15) is 4.31 Å². The molecule has 3 aromatic rings. The number of aromatic nitrogens is 1. The van der Waals surface area contributed by atoms with Gasteiger partial charge in [0.15, 0.2) is 0 Å². The summed E-state index contributed by atoms with van der Waals surface area (Å²) in [6, 6.07) is 7.30. The van der Waals surface area contributed by atoms with Gasteiger partial charge in [-0.25, -0.2) is 12.8 Å². The van der Waals surface area contributed by atoms with Crippen LogP contribution in [-0.2, 0) is 14.8 Å². The standard InChI is InChI=1S/C19H17FN4O6S/c20-16-3-1-12(9-18(16)31(28,29)23-5-7-30-8-6-23)22-19(25)15-11-21-17-4-2-13(24(26)27)10-14(15)17/h1-4,9-11,21H,5-8H2,(H,22,25). The van der Waals surface area contributed by atoms with Crippen molar-refractivity contribution in [2.24, 2.45) is 0 Å². The van der Waals surface area contributed by atoms with Crippen molar-refractivity contribution in [3.8, 4) is 0 Å². The fraction of sp³-hybridized carbons (Fsp3) is 0.211. The van der Waals surface area contributed by atoms with Crippen LogP contribution in [0.15, 0.2) is 47.5 Å². The summed E-state index contributed by atoms with van der Waals surface area (Å²) in [5.74, 6) is -1.57. The monoisotopic (exact) mass is 448 g/mol. The van der Waals surface area contributed by atoms with Crippen LogP contribution in [0.2, 0.25) is 0 Å². The number of ether oxygens (including phenoxy) is 1. The number of anilines is 1. The van der Waals surface area contributed by atoms with E-state index in [-0.39, 0.29) is 43.2 Å². The van der Waals surface area contributed by atoms with Gasteiger partial charge in [0.2, 0.25) is 10.0 Å². The highest BCUT2D eigenvalue weighted by molar-refractivity contribution is 7.89. The first-order valence-electron chi connectivity index (χ1n) is 9.22. The van der Waals surface area contributed by atoms with E-state index in [4.69, 9.17) is 4.74 Å². The Morgan fingerprint density at radius 1 is 1.19 bits per heavy atom. The second kappa shape index (κ2) is 8.06. The van der Waals surface area contributed by atoms with Gasteiger partial charge in [0.25, 0.3) is 11.6 Å². The first-order valence-corrected chi connectivity index (χ1v) is 10.7. The number of nitro groups is 1. The van der Waals surface area contributed by atoms with E-state index >= 15 is 0 Å². The summed E-state index contributed by atoms with van der Waals surface area (Å²) in [6.07, 6.45) is 1.39. The number of benzene rings is 2. The third kappa shape index (κ3) is 4.00. The third-order valence-corrected chi connectivity index (χ3v) is 6.81. The molecule has 0 unspecified atom stereocenters. The highest BCUT2D eigenvalue weighted by Gasteiger charge is 2.29. The number of halogens is 1. The molecule has 10 nitrogen and oxygen atoms in total. The van der Waals surface area contributed by atoms with E-state index in [9.17, 15) is 27.7 Å². The maximum absolute atomic E-state index is 14.3. The predicted octanol–water partition coefficient (Wildman–Crippen LogP) is 2.49. The predicted molar refractivity (Wildman–Crippen MR) is 109 cm³/mol. The number of hydrogen-bond acceptors (Lipinski definition) is 6. The summed E-state index contributed by atoms with van der Waals surface area (Å²) >= 11 is 0. The van der Waals surface area contributed by atoms with Crippen LogP contribution in [0.25, 0.3) is 10.9 Å². The lowest BCUT2D eigenvalue weighted by molar-refractivity contribution is -0.384. The van der Waals surface area contributed by atoms with Crippen molar-refractivity contribution < 1.29 is 27.3 Å². The third-order valence-electron chi connectivity index (χ3n) is 4.90. The van der Waals surface area contributed by atoms with Crippen LogP contribution in [0.5, 0.6) is 0 Å². The average Bonchev–Trinajstić information content (AvgIpc) is 3.19. The quantitative estimate of drug-likeness (QED) is 0.455. The number of nitrogens with one attached hydrogen (secondary N) is 2. The van der Waals surface area contributed by atoms with Crippen LogP contribution in [0.1, 0.15) is 10.4 Å². The van der Waals surface area contributed by atoms with Gasteiger partial charge < -0.3 is 15.0 Å². The van der Waals surface area contributed by atoms with Gasteiger partial charge in [0.05, 0.1) is 23.7 Å². The molecule has 0 atom stereocenters. The van der Waals surface area contributed by atoms with Crippen LogP contribution in [0.3, 0.4) is 0 Å². The van der Waals surface area contributed by atoms with Crippen molar-refractivity contribution in [3.63, 3.8) is 0 Å². The van der Waals surface area contributed by atoms with E-state index < -0.39 is 31.6 Å². The minimum Gasteiger partial charge on any atom is -0.379 e. The molecule has 2 heterocycles. The van der Waals surface area contributed by atoms with Crippen LogP contribution in [-0.4, -0.2) is 54.8 Å². The van der Waals surface area contributed by atoms with Gasteiger partial charge in [-0.15, -0.1) is 0 Å². The van der Waals surface area contributed by atoms with Gasteiger partial charge in [-0.1, -0.05) is 0 Å². The fourth-order valence-corrected chi connectivity index (χ4v) is 4.81. The van der Waals surface area contributed by atoms with E-state index in [1.165, 1.54) is 30.5 Å². The zero-order valence-corrected chi connectivity index (χ0v) is 16.8. The van der Waals surface area contributed by atoms with Gasteiger partial charge in [0, 0.05) is 48.0 Å². The molecule has 1 aliphatic rings. The van der Waals surface area contributed by atoms with Crippen molar-refractivity contribution in [1.82, 2.24) is 9.29 Å². The number of aromatic amines is 1. The van der Waals surface area contributed by atoms with E-state index in [2.05, 4.69) is 10.3 Å². The number of non-ortho nitro benzene ring substituents is 1. The second-order valence-corrected chi connectivity index (χ2v) is 8.71. The molecule has 0 bridgehead atoms. The zero-order valence-electron chi connectivity index (χ0n) is 16.0. The minimum atomic E-state index is -4.11. The Bertz CT molecular complexity index is 1280. The highest BCUT2D eigenvalue weighted by Crippen LogP contribution is 2.27. The highest BCUT2D eigenvalue weighted by atomic mass is 32.2. The topological polar surface area (TPSA) is 135 Å². The van der Waals surface area contributed by atoms with Crippen LogP contribution >= 0.6 is 0 Å². The van der Waals surface area contributed by atoms with Crippen molar-refractivity contribution >= 4 is 38.2 Å². The Morgan fingerprint density at radius 2 is 1.94 bits per heavy atom. The maximum atomic E-state index is 14.3. The van der Waals surface area contributed by atoms with Gasteiger partial charge >= 0.3 is 0 Å². The average molecular weight is 448 g/mol. The molecule has 1 amide bonds. The van der Waals surface area contributed by atoms with Crippen LogP contribution in [0, 0.1) is 15.9 Å². The van der Waals surface area contributed by atoms with Crippen molar-refractivity contribution in [2.45, 2.75) is 4.90 Å². The number of morpholine rings is 1. The minimum absolute atomic E-state index is 0.0676. The number of sulfonamides is 1. The largest absolute Gasteiger partial charge is 0.379 e. The molecular formula is C19H17FN4O6S. The number of nitro benzene ring substituents is 1. The Balaban J connectivity index is 1.64. The first kappa shape index (κ1) is 20.9. The molecule has 2 N–H and O–H groups in total. The number of fused-ring (bicyclic) bond motifs is 1. The van der Waals surface area contributed by atoms with Gasteiger partial charge in [-0.05, 0) is 24.3 Å². The molecule has 31 heavy (non-hydrogen) atoms. The molecule has 0 aliphatic carbocycles. The number of carbonyl (C=O) groups is 1. The molecule has 0 spiro atoms. The maximum Gasteiger partial charge on any atom is 0.270 e. The van der Waals surface area contributed by atoms with Crippen molar-refractivity contribution in [2.75, 3.05) is 31.6 Å². The Kier molecular flexibility index (Phi) is 5.43. The Morgan fingerprint density at radius 3 is 2.65 bits per heavy atom. The summed E-state index contributed by atoms with van der Waals surface area (Å²) in [5.41, 5.74) is 0.533. The summed E-state index contributed by atoms with van der Waals surface area (Å²) in [6.45, 7) is 0.632. The molecule has 4 rings (SSSR count). The van der Waals surface area contributed by atoms with Crippen LogP contribution in [0.4, 0.5) is 15.8 Å². The van der Waals surface area contributed by atoms with E-state index in [0.717, 1.165) is 16.4 Å². The number of nitrogens with zero attached hydrogens (tertiary/aromatic N) is 2. The number of amides is 1. The molecule has 162 valence electrons. The second-order valence-electron chi connectivity index (χ2n) is 6.81. The normalized spacial score (nSPS) is 15.1. The Hall–Kier alpha value is -3.35.